The van der Waals surface area contributed by atoms with Gasteiger partial charge in [0.1, 0.15) is 5.69 Å². The molecule has 6 nitrogen and oxygen atoms in total. The van der Waals surface area contributed by atoms with Gasteiger partial charge >= 0.3 is 7.12 Å². The Labute approximate surface area is 147 Å². The Morgan fingerprint density at radius 2 is 1.68 bits per heavy atom. The molecule has 0 unspecified atom stereocenters. The van der Waals surface area contributed by atoms with Gasteiger partial charge in [0.2, 0.25) is 0 Å². The molecule has 130 valence electrons. The molecule has 3 heterocycles. The molecule has 0 amide bonds. The quantitative estimate of drug-likeness (QED) is 0.673. The molecule has 0 spiro atoms. The van der Waals surface area contributed by atoms with Crippen LogP contribution in [0.5, 0.6) is 0 Å². The van der Waals surface area contributed by atoms with Gasteiger partial charge in [-0.1, -0.05) is 5.56 Å². The first-order valence-electron chi connectivity index (χ1n) is 8.51. The number of nitrogens with zero attached hydrogens (tertiary/aromatic N) is 4. The molecule has 0 N–H and O–H groups in total. The fourth-order valence-electron chi connectivity index (χ4n) is 3.15. The lowest BCUT2D eigenvalue weighted by Crippen LogP contribution is -2.41. The number of hydrogen-bond acceptors (Lipinski definition) is 4. The fraction of sp³-hybridized carbons (Fsp3) is 0.444. The van der Waals surface area contributed by atoms with Crippen LogP contribution < -0.4 is 5.46 Å². The Morgan fingerprint density at radius 3 is 2.28 bits per heavy atom. The third kappa shape index (κ3) is 2.50. The molecule has 0 atom stereocenters. The van der Waals surface area contributed by atoms with Crippen LogP contribution in [-0.4, -0.2) is 37.9 Å². The van der Waals surface area contributed by atoms with Crippen molar-refractivity contribution >= 4 is 23.5 Å². The van der Waals surface area contributed by atoms with Crippen molar-refractivity contribution in [1.29, 1.82) is 0 Å². The summed E-state index contributed by atoms with van der Waals surface area (Å²) in [5.41, 5.74) is 3.41. The number of aromatic nitrogens is 4. The maximum Gasteiger partial charge on any atom is 0.495 e. The van der Waals surface area contributed by atoms with Gasteiger partial charge in [-0.2, -0.15) is 10.2 Å². The topological polar surface area (TPSA) is 54.1 Å². The highest BCUT2D eigenvalue weighted by molar-refractivity contribution is 6.63. The van der Waals surface area contributed by atoms with Gasteiger partial charge in [-0.25, -0.2) is 4.68 Å². The van der Waals surface area contributed by atoms with Gasteiger partial charge in [0.05, 0.1) is 35.3 Å². The van der Waals surface area contributed by atoms with Crippen LogP contribution in [-0.2, 0) is 16.4 Å². The zero-order valence-corrected chi connectivity index (χ0v) is 15.6. The lowest BCUT2D eigenvalue weighted by atomic mass is 9.76. The normalized spacial score (nSPS) is 19.0. The summed E-state index contributed by atoms with van der Waals surface area (Å²) in [6, 6.07) is 4.25. The van der Waals surface area contributed by atoms with E-state index < -0.39 is 0 Å². The van der Waals surface area contributed by atoms with E-state index >= 15 is 0 Å². The molecule has 1 saturated heterocycles. The second-order valence-corrected chi connectivity index (χ2v) is 7.78. The van der Waals surface area contributed by atoms with E-state index in [0.717, 1.165) is 27.6 Å². The first kappa shape index (κ1) is 16.4. The molecule has 4 rings (SSSR count). The second kappa shape index (κ2) is 5.19. The SMILES string of the molecule is Cc1cc2cnn(-c3cnn(C)c3)c2cc1B1OC(C)(C)C(C)(C)O1. The van der Waals surface area contributed by atoms with Crippen LogP contribution in [0.15, 0.2) is 30.7 Å². The molecule has 0 bridgehead atoms. The highest BCUT2D eigenvalue weighted by Gasteiger charge is 2.52. The third-order valence-corrected chi connectivity index (χ3v) is 5.40. The molecule has 3 aromatic rings. The summed E-state index contributed by atoms with van der Waals surface area (Å²) in [4.78, 5) is 0. The molecule has 0 radical (unpaired) electrons. The van der Waals surface area contributed by atoms with Gasteiger partial charge in [0, 0.05) is 12.4 Å². The van der Waals surface area contributed by atoms with Crippen LogP contribution >= 0.6 is 0 Å². The van der Waals surface area contributed by atoms with Gasteiger partial charge < -0.3 is 9.31 Å². The molecule has 0 aliphatic carbocycles. The number of hydrogen-bond donors (Lipinski definition) is 0. The Kier molecular flexibility index (Phi) is 3.40. The van der Waals surface area contributed by atoms with Crippen LogP contribution in [0.1, 0.15) is 33.3 Å². The van der Waals surface area contributed by atoms with Crippen LogP contribution in [0.25, 0.3) is 16.6 Å². The lowest BCUT2D eigenvalue weighted by Gasteiger charge is -2.32. The summed E-state index contributed by atoms with van der Waals surface area (Å²) >= 11 is 0. The molecule has 1 aliphatic rings. The number of fused-ring (bicyclic) bond motifs is 1. The van der Waals surface area contributed by atoms with E-state index in [1.165, 1.54) is 0 Å². The third-order valence-electron chi connectivity index (χ3n) is 5.40. The average molecular weight is 338 g/mol. The maximum atomic E-state index is 6.24. The smallest absolute Gasteiger partial charge is 0.399 e. The summed E-state index contributed by atoms with van der Waals surface area (Å²) in [5.74, 6) is 0. The van der Waals surface area contributed by atoms with Crippen LogP contribution in [0, 0.1) is 6.92 Å². The van der Waals surface area contributed by atoms with E-state index in [1.54, 1.807) is 10.9 Å². The van der Waals surface area contributed by atoms with Crippen LogP contribution in [0.4, 0.5) is 0 Å². The molecule has 25 heavy (non-hydrogen) atoms. The lowest BCUT2D eigenvalue weighted by molar-refractivity contribution is 0.00578. The predicted octanol–water partition coefficient (Wildman–Crippen LogP) is 2.37. The molecule has 1 aliphatic heterocycles. The fourth-order valence-corrected chi connectivity index (χ4v) is 3.15. The van der Waals surface area contributed by atoms with E-state index in [9.17, 15) is 0 Å². The van der Waals surface area contributed by atoms with E-state index in [4.69, 9.17) is 9.31 Å². The first-order chi connectivity index (χ1) is 11.7. The minimum absolute atomic E-state index is 0.358. The number of aryl methyl sites for hydroxylation is 2. The summed E-state index contributed by atoms with van der Waals surface area (Å²) < 4.78 is 16.1. The summed E-state index contributed by atoms with van der Waals surface area (Å²) in [6.45, 7) is 10.4. The minimum Gasteiger partial charge on any atom is -0.399 e. The molecular weight excluding hydrogens is 315 g/mol. The summed E-state index contributed by atoms with van der Waals surface area (Å²) in [6.07, 6.45) is 5.63. The van der Waals surface area contributed by atoms with Gasteiger partial charge in [0.25, 0.3) is 0 Å². The zero-order chi connectivity index (χ0) is 18.0. The van der Waals surface area contributed by atoms with Crippen molar-refractivity contribution in [3.63, 3.8) is 0 Å². The molecular formula is C18H23BN4O2. The minimum atomic E-state index is -0.383. The number of benzene rings is 1. The zero-order valence-electron chi connectivity index (χ0n) is 15.6. The van der Waals surface area contributed by atoms with Crippen molar-refractivity contribution in [2.75, 3.05) is 0 Å². The Morgan fingerprint density at radius 1 is 1.00 bits per heavy atom. The maximum absolute atomic E-state index is 6.24. The van der Waals surface area contributed by atoms with Crippen molar-refractivity contribution in [2.45, 2.75) is 45.8 Å². The van der Waals surface area contributed by atoms with Crippen molar-refractivity contribution < 1.29 is 9.31 Å². The summed E-state index contributed by atoms with van der Waals surface area (Å²) in [5, 5.41) is 9.85. The Bertz CT molecular complexity index is 941. The average Bonchev–Trinajstić information content (AvgIpc) is 3.15. The molecule has 1 aromatic carbocycles. The predicted molar refractivity (Wildman–Crippen MR) is 98.3 cm³/mol. The van der Waals surface area contributed by atoms with Gasteiger partial charge in [-0.15, -0.1) is 0 Å². The highest BCUT2D eigenvalue weighted by Crippen LogP contribution is 2.37. The molecule has 2 aromatic heterocycles. The Balaban J connectivity index is 1.82. The van der Waals surface area contributed by atoms with Crippen LogP contribution in [0.3, 0.4) is 0 Å². The Hall–Kier alpha value is -2.12. The van der Waals surface area contributed by atoms with Crippen molar-refractivity contribution in [3.8, 4) is 5.69 Å². The number of rotatable bonds is 2. The van der Waals surface area contributed by atoms with Gasteiger partial charge in [0.15, 0.2) is 0 Å². The van der Waals surface area contributed by atoms with E-state index in [1.807, 2.05) is 24.1 Å². The highest BCUT2D eigenvalue weighted by atomic mass is 16.7. The summed E-state index contributed by atoms with van der Waals surface area (Å²) in [7, 11) is 1.52. The van der Waals surface area contributed by atoms with E-state index in [-0.39, 0.29) is 18.3 Å². The standard InChI is InChI=1S/C18H23BN4O2/c1-12-7-13-9-21-23(14-10-20-22(6)11-14)16(13)8-15(12)19-24-17(2,3)18(4,5)25-19/h7-11H,1-6H3. The molecule has 0 saturated carbocycles. The monoisotopic (exact) mass is 338 g/mol. The van der Waals surface area contributed by atoms with E-state index in [0.29, 0.717) is 0 Å². The van der Waals surface area contributed by atoms with Crippen LogP contribution in [0.2, 0.25) is 0 Å². The van der Waals surface area contributed by atoms with Gasteiger partial charge in [-0.3, -0.25) is 4.68 Å². The van der Waals surface area contributed by atoms with Crippen molar-refractivity contribution in [2.24, 2.45) is 7.05 Å². The van der Waals surface area contributed by atoms with Crippen molar-refractivity contribution in [1.82, 2.24) is 19.6 Å². The second-order valence-electron chi connectivity index (χ2n) is 7.78. The molecule has 7 heteroatoms. The van der Waals surface area contributed by atoms with Gasteiger partial charge in [-0.05, 0) is 52.2 Å². The van der Waals surface area contributed by atoms with E-state index in [2.05, 4.69) is 56.9 Å². The largest absolute Gasteiger partial charge is 0.495 e. The van der Waals surface area contributed by atoms with Crippen molar-refractivity contribution in [3.05, 3.63) is 36.3 Å². The molecule has 1 fully saturated rings. The first-order valence-corrected chi connectivity index (χ1v) is 8.51.